The molecule has 2 amide bonds. The Kier molecular flexibility index (Phi) is 6.53. The van der Waals surface area contributed by atoms with Crippen LogP contribution in [0.2, 0.25) is 0 Å². The molecule has 0 fully saturated rings. The summed E-state index contributed by atoms with van der Waals surface area (Å²) in [6, 6.07) is -1.02. The Balaban J connectivity index is 4.43. The predicted molar refractivity (Wildman–Crippen MR) is 62.4 cm³/mol. The minimum Gasteiger partial charge on any atom is -0.480 e. The maximum absolute atomic E-state index is 11.8. The fraction of sp³-hybridized carbons (Fsp3) is 0.818. The normalized spacial score (nSPS) is 12.3. The Bertz CT molecular complexity index is 241. The van der Waals surface area contributed by atoms with Crippen molar-refractivity contribution < 1.29 is 14.7 Å². The van der Waals surface area contributed by atoms with Crippen LogP contribution < -0.4 is 5.32 Å². The number of amides is 2. The average molecular weight is 230 g/mol. The summed E-state index contributed by atoms with van der Waals surface area (Å²) in [6.45, 7) is 8.14. The lowest BCUT2D eigenvalue weighted by atomic mass is 10.2. The van der Waals surface area contributed by atoms with Crippen molar-refractivity contribution in [3.8, 4) is 0 Å². The average Bonchev–Trinajstić information content (AvgIpc) is 2.17. The molecule has 0 radical (unpaired) electrons. The number of carbonyl (C=O) groups excluding carboxylic acids is 1. The van der Waals surface area contributed by atoms with Gasteiger partial charge >= 0.3 is 12.0 Å². The molecule has 0 aliphatic heterocycles. The Morgan fingerprint density at radius 3 is 2.19 bits per heavy atom. The number of hydrogen-bond acceptors (Lipinski definition) is 2. The number of nitrogens with zero attached hydrogens (tertiary/aromatic N) is 1. The Labute approximate surface area is 96.8 Å². The molecule has 0 bridgehead atoms. The highest BCUT2D eigenvalue weighted by molar-refractivity contribution is 5.82. The summed E-state index contributed by atoms with van der Waals surface area (Å²) in [5.74, 6) is -0.977. The monoisotopic (exact) mass is 230 g/mol. The summed E-state index contributed by atoms with van der Waals surface area (Å²) in [4.78, 5) is 24.2. The molecule has 0 aliphatic rings. The van der Waals surface area contributed by atoms with E-state index in [9.17, 15) is 9.59 Å². The first-order valence-corrected chi connectivity index (χ1v) is 5.73. The number of carbonyl (C=O) groups is 2. The lowest BCUT2D eigenvalue weighted by Gasteiger charge is -2.27. The van der Waals surface area contributed by atoms with E-state index in [1.54, 1.807) is 4.90 Å². The van der Waals surface area contributed by atoms with Gasteiger partial charge in [0.25, 0.3) is 0 Å². The molecule has 2 N–H and O–H groups in total. The van der Waals surface area contributed by atoms with Crippen molar-refractivity contribution in [2.45, 2.75) is 52.6 Å². The van der Waals surface area contributed by atoms with Gasteiger partial charge < -0.3 is 15.3 Å². The lowest BCUT2D eigenvalue weighted by molar-refractivity contribution is -0.139. The standard InChI is InChI=1S/C11H22N2O3/c1-5-7-9(10(14)15)12-11(16)13(6-2)8(3)4/h8-9H,5-7H2,1-4H3,(H,12,16)(H,14,15)/t9-/m0/s1. The van der Waals surface area contributed by atoms with Crippen LogP contribution in [0, 0.1) is 0 Å². The minimum atomic E-state index is -0.977. The van der Waals surface area contributed by atoms with Gasteiger partial charge in [0.2, 0.25) is 0 Å². The van der Waals surface area contributed by atoms with E-state index in [2.05, 4.69) is 5.32 Å². The van der Waals surface area contributed by atoms with Crippen LogP contribution >= 0.6 is 0 Å². The SMILES string of the molecule is CCC[C@H](NC(=O)N(CC)C(C)C)C(=O)O. The van der Waals surface area contributed by atoms with E-state index in [4.69, 9.17) is 5.11 Å². The molecular formula is C11H22N2O3. The van der Waals surface area contributed by atoms with E-state index in [0.29, 0.717) is 13.0 Å². The van der Waals surface area contributed by atoms with Gasteiger partial charge in [0, 0.05) is 12.6 Å². The van der Waals surface area contributed by atoms with Crippen molar-refractivity contribution in [1.29, 1.82) is 0 Å². The minimum absolute atomic E-state index is 0.0704. The van der Waals surface area contributed by atoms with Crippen molar-refractivity contribution in [3.05, 3.63) is 0 Å². The van der Waals surface area contributed by atoms with Gasteiger partial charge in [0.05, 0.1) is 0 Å². The molecular weight excluding hydrogens is 208 g/mol. The van der Waals surface area contributed by atoms with Crippen LogP contribution in [0.1, 0.15) is 40.5 Å². The van der Waals surface area contributed by atoms with Gasteiger partial charge in [0.1, 0.15) is 6.04 Å². The van der Waals surface area contributed by atoms with Crippen LogP contribution in [0.4, 0.5) is 4.79 Å². The van der Waals surface area contributed by atoms with E-state index in [-0.39, 0.29) is 12.1 Å². The fourth-order valence-corrected chi connectivity index (χ4v) is 1.52. The molecule has 0 aliphatic carbocycles. The van der Waals surface area contributed by atoms with E-state index in [0.717, 1.165) is 6.42 Å². The van der Waals surface area contributed by atoms with Crippen molar-refractivity contribution >= 4 is 12.0 Å². The maximum Gasteiger partial charge on any atom is 0.326 e. The molecule has 0 saturated heterocycles. The third-order valence-corrected chi connectivity index (χ3v) is 2.40. The van der Waals surface area contributed by atoms with E-state index in [1.807, 2.05) is 27.7 Å². The zero-order valence-electron chi connectivity index (χ0n) is 10.5. The van der Waals surface area contributed by atoms with Crippen molar-refractivity contribution in [2.24, 2.45) is 0 Å². The number of carboxylic acids is 1. The molecule has 0 unspecified atom stereocenters. The summed E-state index contributed by atoms with van der Waals surface area (Å²) >= 11 is 0. The van der Waals surface area contributed by atoms with Gasteiger partial charge in [-0.3, -0.25) is 0 Å². The number of carboxylic acid groups (broad SMARTS) is 1. The lowest BCUT2D eigenvalue weighted by Crippen LogP contribution is -2.50. The van der Waals surface area contributed by atoms with Crippen LogP contribution in [0.25, 0.3) is 0 Å². The fourth-order valence-electron chi connectivity index (χ4n) is 1.52. The summed E-state index contributed by atoms with van der Waals surface area (Å²) in [5, 5.41) is 11.5. The molecule has 5 nitrogen and oxygen atoms in total. The van der Waals surface area contributed by atoms with Crippen molar-refractivity contribution in [2.75, 3.05) is 6.54 Å². The van der Waals surface area contributed by atoms with Gasteiger partial charge in [-0.15, -0.1) is 0 Å². The highest BCUT2D eigenvalue weighted by atomic mass is 16.4. The van der Waals surface area contributed by atoms with Gasteiger partial charge in [-0.05, 0) is 27.2 Å². The molecule has 5 heteroatoms. The number of hydrogen-bond donors (Lipinski definition) is 2. The highest BCUT2D eigenvalue weighted by Gasteiger charge is 2.22. The van der Waals surface area contributed by atoms with E-state index in [1.165, 1.54) is 0 Å². The third-order valence-electron chi connectivity index (χ3n) is 2.40. The Hall–Kier alpha value is -1.26. The molecule has 0 rings (SSSR count). The van der Waals surface area contributed by atoms with Gasteiger partial charge in [0.15, 0.2) is 0 Å². The summed E-state index contributed by atoms with van der Waals surface area (Å²) in [6.07, 6.45) is 1.18. The van der Waals surface area contributed by atoms with E-state index < -0.39 is 12.0 Å². The summed E-state index contributed by atoms with van der Waals surface area (Å²) < 4.78 is 0. The van der Waals surface area contributed by atoms with Crippen molar-refractivity contribution in [3.63, 3.8) is 0 Å². The first kappa shape index (κ1) is 14.7. The van der Waals surface area contributed by atoms with Crippen LogP contribution in [0.15, 0.2) is 0 Å². The zero-order chi connectivity index (χ0) is 12.7. The maximum atomic E-state index is 11.8. The topological polar surface area (TPSA) is 69.6 Å². The molecule has 0 heterocycles. The second-order valence-corrected chi connectivity index (χ2v) is 4.01. The smallest absolute Gasteiger partial charge is 0.326 e. The summed E-state index contributed by atoms with van der Waals surface area (Å²) in [5.41, 5.74) is 0. The quantitative estimate of drug-likeness (QED) is 0.729. The zero-order valence-corrected chi connectivity index (χ0v) is 10.5. The molecule has 16 heavy (non-hydrogen) atoms. The second kappa shape index (κ2) is 7.09. The number of urea groups is 1. The number of rotatable bonds is 6. The second-order valence-electron chi connectivity index (χ2n) is 4.01. The van der Waals surface area contributed by atoms with Crippen LogP contribution in [0.3, 0.4) is 0 Å². The van der Waals surface area contributed by atoms with E-state index >= 15 is 0 Å². The molecule has 1 atom stereocenters. The predicted octanol–water partition coefficient (Wildman–Crippen LogP) is 1.68. The van der Waals surface area contributed by atoms with Crippen molar-refractivity contribution in [1.82, 2.24) is 10.2 Å². The first-order valence-electron chi connectivity index (χ1n) is 5.73. The molecule has 94 valence electrons. The van der Waals surface area contributed by atoms with Crippen LogP contribution in [0.5, 0.6) is 0 Å². The third kappa shape index (κ3) is 4.51. The number of nitrogens with one attached hydrogen (secondary N) is 1. The Morgan fingerprint density at radius 2 is 1.88 bits per heavy atom. The van der Waals surface area contributed by atoms with Crippen LogP contribution in [-0.2, 0) is 4.79 Å². The van der Waals surface area contributed by atoms with Crippen LogP contribution in [-0.4, -0.2) is 40.6 Å². The largest absolute Gasteiger partial charge is 0.480 e. The molecule has 0 aromatic rings. The molecule has 0 saturated carbocycles. The van der Waals surface area contributed by atoms with Gasteiger partial charge in [-0.2, -0.15) is 0 Å². The highest BCUT2D eigenvalue weighted by Crippen LogP contribution is 2.02. The van der Waals surface area contributed by atoms with Gasteiger partial charge in [-0.25, -0.2) is 9.59 Å². The molecule has 0 aromatic heterocycles. The van der Waals surface area contributed by atoms with Gasteiger partial charge in [-0.1, -0.05) is 13.3 Å². The Morgan fingerprint density at radius 1 is 1.31 bits per heavy atom. The molecule has 0 aromatic carbocycles. The first-order chi connectivity index (χ1) is 7.43. The summed E-state index contributed by atoms with van der Waals surface area (Å²) in [7, 11) is 0. The number of aliphatic carboxylic acids is 1. The molecule has 0 spiro atoms.